The molecule has 0 heterocycles. The summed E-state index contributed by atoms with van der Waals surface area (Å²) in [7, 11) is 0. The van der Waals surface area contributed by atoms with Crippen LogP contribution in [-0.4, -0.2) is 55.5 Å². The maximum Gasteiger partial charge on any atom is 0.412 e. The average Bonchev–Trinajstić information content (AvgIpc) is 3.01. The Labute approximate surface area is 261 Å². The van der Waals surface area contributed by atoms with Gasteiger partial charge in [0.25, 0.3) is 0 Å². The van der Waals surface area contributed by atoms with E-state index in [0.29, 0.717) is 11.5 Å². The predicted molar refractivity (Wildman–Crippen MR) is 166 cm³/mol. The summed E-state index contributed by atoms with van der Waals surface area (Å²) < 4.78 is 20.6. The third-order valence-corrected chi connectivity index (χ3v) is 6.64. The van der Waals surface area contributed by atoms with Crippen LogP contribution in [0.25, 0.3) is 0 Å². The first kappa shape index (κ1) is 33.9. The number of hydrogen-bond donors (Lipinski definition) is 3. The highest BCUT2D eigenvalue weighted by Crippen LogP contribution is 2.40. The normalized spacial score (nSPS) is 10.6. The Morgan fingerprint density at radius 3 is 1.31 bits per heavy atom. The molecule has 11 nitrogen and oxygen atoms in total. The maximum atomic E-state index is 12.2. The third kappa shape index (κ3) is 9.72. The van der Waals surface area contributed by atoms with Crippen LogP contribution in [0.15, 0.2) is 97.1 Å². The van der Waals surface area contributed by atoms with E-state index in [0.717, 1.165) is 16.7 Å². The minimum atomic E-state index is -0.727. The second-order valence-corrected chi connectivity index (χ2v) is 10.2. The molecule has 0 radical (unpaired) electrons. The molecule has 0 spiro atoms. The van der Waals surface area contributed by atoms with Gasteiger partial charge in [-0.15, -0.1) is 0 Å². The molecule has 0 unspecified atom stereocenters. The molecule has 3 aromatic rings. The maximum absolute atomic E-state index is 12.2. The molecular weight excluding hydrogens is 580 g/mol. The lowest BCUT2D eigenvalue weighted by atomic mass is 9.71. The van der Waals surface area contributed by atoms with Gasteiger partial charge in [0.05, 0.1) is 13.1 Å². The van der Waals surface area contributed by atoms with Crippen molar-refractivity contribution in [3.8, 4) is 17.2 Å². The van der Waals surface area contributed by atoms with Gasteiger partial charge in [-0.3, -0.25) is 0 Å². The Kier molecular flexibility index (Phi) is 11.9. The second kappa shape index (κ2) is 15.8. The van der Waals surface area contributed by atoms with Gasteiger partial charge in [-0.2, -0.15) is 0 Å². The van der Waals surface area contributed by atoms with Crippen molar-refractivity contribution >= 4 is 24.1 Å². The van der Waals surface area contributed by atoms with Crippen molar-refractivity contribution in [2.45, 2.75) is 26.2 Å². The van der Waals surface area contributed by atoms with E-state index in [1.165, 1.54) is 13.8 Å². The number of carbonyl (C=O) groups is 4. The van der Waals surface area contributed by atoms with Crippen LogP contribution >= 0.6 is 0 Å². The summed E-state index contributed by atoms with van der Waals surface area (Å²) in [5.41, 5.74) is 2.37. The predicted octanol–water partition coefficient (Wildman–Crippen LogP) is 5.16. The van der Waals surface area contributed by atoms with Gasteiger partial charge in [-0.25, -0.2) is 19.2 Å². The molecule has 0 saturated carbocycles. The highest BCUT2D eigenvalue weighted by molar-refractivity contribution is 5.87. The van der Waals surface area contributed by atoms with Crippen LogP contribution < -0.4 is 20.1 Å². The summed E-state index contributed by atoms with van der Waals surface area (Å²) in [6, 6.07) is 20.7. The lowest BCUT2D eigenvalue weighted by Gasteiger charge is -2.32. The van der Waals surface area contributed by atoms with E-state index >= 15 is 0 Å². The number of hydrogen-bond acceptors (Lipinski definition) is 9. The van der Waals surface area contributed by atoms with Crippen LogP contribution in [0.2, 0.25) is 0 Å². The minimum Gasteiger partial charge on any atom is -0.508 e. The molecule has 45 heavy (non-hydrogen) atoms. The van der Waals surface area contributed by atoms with E-state index in [1.54, 1.807) is 36.4 Å². The van der Waals surface area contributed by atoms with Gasteiger partial charge in [-0.1, -0.05) is 49.6 Å². The lowest BCUT2D eigenvalue weighted by Crippen LogP contribution is -2.31. The van der Waals surface area contributed by atoms with Gasteiger partial charge < -0.3 is 34.7 Å². The van der Waals surface area contributed by atoms with E-state index in [1.807, 2.05) is 43.3 Å². The van der Waals surface area contributed by atoms with Crippen LogP contribution in [0.5, 0.6) is 17.2 Å². The molecule has 3 rings (SSSR count). The summed E-state index contributed by atoms with van der Waals surface area (Å²) >= 11 is 0. The summed E-state index contributed by atoms with van der Waals surface area (Å²) in [4.78, 5) is 47.3. The molecule has 3 N–H and O–H groups in total. The first-order valence-electron chi connectivity index (χ1n) is 14.0. The van der Waals surface area contributed by atoms with Crippen LogP contribution in [0.1, 0.15) is 37.5 Å². The summed E-state index contributed by atoms with van der Waals surface area (Å²) in [5.74, 6) is -0.365. The molecule has 0 bridgehead atoms. The van der Waals surface area contributed by atoms with Crippen molar-refractivity contribution in [3.63, 3.8) is 0 Å². The third-order valence-electron chi connectivity index (χ3n) is 6.64. The van der Waals surface area contributed by atoms with Crippen LogP contribution in [0.3, 0.4) is 0 Å². The van der Waals surface area contributed by atoms with Gasteiger partial charge in [-0.05, 0) is 73.9 Å². The van der Waals surface area contributed by atoms with Gasteiger partial charge in [0.1, 0.15) is 30.5 Å². The largest absolute Gasteiger partial charge is 0.508 e. The lowest BCUT2D eigenvalue weighted by molar-refractivity contribution is -0.139. The number of phenols is 1. The van der Waals surface area contributed by atoms with E-state index in [4.69, 9.17) is 18.9 Å². The van der Waals surface area contributed by atoms with E-state index in [-0.39, 0.29) is 43.2 Å². The number of aromatic hydroxyl groups is 1. The van der Waals surface area contributed by atoms with E-state index in [9.17, 15) is 24.3 Å². The van der Waals surface area contributed by atoms with Crippen molar-refractivity contribution in [1.29, 1.82) is 0 Å². The second-order valence-electron chi connectivity index (χ2n) is 10.2. The van der Waals surface area contributed by atoms with Gasteiger partial charge >= 0.3 is 24.1 Å². The standard InChI is InChI=1S/C34H36N2O9/c1-22(2)30(38)42-20-18-35-32(40)44-28-14-8-25(9-15-28)34(5,24-6-12-27(37)13-7-24)26-10-16-29(17-11-26)45-33(41)36-19-21-43-31(39)23(3)4/h6-17,37H,1,3,18-21H2,2,4-5H3,(H,35,40)(H,36,41). The van der Waals surface area contributed by atoms with E-state index in [2.05, 4.69) is 23.8 Å². The Bertz CT molecular complexity index is 1440. The van der Waals surface area contributed by atoms with Crippen molar-refractivity contribution in [1.82, 2.24) is 10.6 Å². The fraction of sp³-hybridized carbons (Fsp3) is 0.235. The van der Waals surface area contributed by atoms with Crippen molar-refractivity contribution in [3.05, 3.63) is 114 Å². The Hall–Kier alpha value is -5.58. The molecule has 0 aromatic heterocycles. The molecule has 0 aliphatic rings. The zero-order valence-corrected chi connectivity index (χ0v) is 25.4. The molecule has 0 aliphatic heterocycles. The Morgan fingerprint density at radius 1 is 0.644 bits per heavy atom. The molecule has 3 aromatic carbocycles. The number of phenolic OH excluding ortho intramolecular Hbond substituents is 1. The monoisotopic (exact) mass is 616 g/mol. The number of ether oxygens (including phenoxy) is 4. The number of nitrogens with one attached hydrogen (secondary N) is 2. The molecule has 2 amide bonds. The summed E-state index contributed by atoms with van der Waals surface area (Å²) in [6.07, 6.45) is -1.41. The van der Waals surface area contributed by atoms with Crippen molar-refractivity contribution in [2.24, 2.45) is 0 Å². The SMILES string of the molecule is C=C(C)C(=O)OCCNC(=O)Oc1ccc(C(C)(c2ccc(O)cc2)c2ccc(OC(=O)NCCOC(=O)C(=C)C)cc2)cc1. The summed E-state index contributed by atoms with van der Waals surface area (Å²) in [6.45, 7) is 12.1. The minimum absolute atomic E-state index is 0.0216. The Morgan fingerprint density at radius 2 is 0.978 bits per heavy atom. The molecule has 0 atom stereocenters. The molecule has 0 fully saturated rings. The van der Waals surface area contributed by atoms with Crippen LogP contribution in [-0.2, 0) is 24.5 Å². The number of carbonyl (C=O) groups excluding carboxylic acids is 4. The average molecular weight is 617 g/mol. The number of esters is 2. The fourth-order valence-electron chi connectivity index (χ4n) is 4.13. The molecule has 11 heteroatoms. The Balaban J connectivity index is 1.70. The van der Waals surface area contributed by atoms with Crippen LogP contribution in [0.4, 0.5) is 9.59 Å². The quantitative estimate of drug-likeness (QED) is 0.102. The molecule has 0 saturated heterocycles. The molecule has 236 valence electrons. The van der Waals surface area contributed by atoms with Crippen LogP contribution in [0, 0.1) is 0 Å². The zero-order valence-electron chi connectivity index (χ0n) is 25.4. The van der Waals surface area contributed by atoms with Crippen molar-refractivity contribution < 1.29 is 43.2 Å². The first-order chi connectivity index (χ1) is 21.4. The van der Waals surface area contributed by atoms with Gasteiger partial charge in [0, 0.05) is 16.6 Å². The summed E-state index contributed by atoms with van der Waals surface area (Å²) in [5, 5.41) is 14.9. The highest BCUT2D eigenvalue weighted by atomic mass is 16.6. The van der Waals surface area contributed by atoms with Gasteiger partial charge in [0.2, 0.25) is 0 Å². The number of amides is 2. The fourth-order valence-corrected chi connectivity index (χ4v) is 4.13. The van der Waals surface area contributed by atoms with Crippen molar-refractivity contribution in [2.75, 3.05) is 26.3 Å². The highest BCUT2D eigenvalue weighted by Gasteiger charge is 2.31. The van der Waals surface area contributed by atoms with E-state index < -0.39 is 29.5 Å². The van der Waals surface area contributed by atoms with Gasteiger partial charge in [0.15, 0.2) is 0 Å². The number of rotatable bonds is 13. The zero-order chi connectivity index (χ0) is 33.0. The first-order valence-corrected chi connectivity index (χ1v) is 14.0. The smallest absolute Gasteiger partial charge is 0.412 e. The molecule has 0 aliphatic carbocycles. The molecular formula is C34H36N2O9. The number of benzene rings is 3. The topological polar surface area (TPSA) is 149 Å².